The average Bonchev–Trinajstić information content (AvgIpc) is 2.97. The van der Waals surface area contributed by atoms with E-state index in [-0.39, 0.29) is 17.8 Å². The van der Waals surface area contributed by atoms with Crippen LogP contribution in [0.5, 0.6) is 0 Å². The number of nitrogens with one attached hydrogen (secondary N) is 1. The molecule has 1 N–H and O–H groups in total. The molecule has 3 heterocycles. The highest BCUT2D eigenvalue weighted by Gasteiger charge is 2.28. The molecule has 1 unspecified atom stereocenters. The molecule has 4 rings (SSSR count). The predicted octanol–water partition coefficient (Wildman–Crippen LogP) is 3.83. The van der Waals surface area contributed by atoms with Crippen molar-refractivity contribution in [3.8, 4) is 0 Å². The molecule has 0 amide bonds. The van der Waals surface area contributed by atoms with Crippen molar-refractivity contribution in [3.63, 3.8) is 0 Å². The molecular weight excluding hydrogens is 404 g/mol. The number of aryl methyl sites for hydroxylation is 1. The summed E-state index contributed by atoms with van der Waals surface area (Å²) in [6.45, 7) is 9.36. The zero-order chi connectivity index (χ0) is 22.7. The smallest absolute Gasteiger partial charge is 0.339 e. The monoisotopic (exact) mass is 434 g/mol. The molecule has 32 heavy (non-hydrogen) atoms. The van der Waals surface area contributed by atoms with Gasteiger partial charge >= 0.3 is 5.97 Å². The van der Waals surface area contributed by atoms with Crippen LogP contribution in [-0.2, 0) is 4.74 Å². The summed E-state index contributed by atoms with van der Waals surface area (Å²) in [6.07, 6.45) is 2.51. The van der Waals surface area contributed by atoms with Crippen LogP contribution in [0.4, 0.5) is 5.82 Å². The van der Waals surface area contributed by atoms with Crippen LogP contribution in [0, 0.1) is 6.92 Å². The zero-order valence-corrected chi connectivity index (χ0v) is 18.9. The van der Waals surface area contributed by atoms with Crippen molar-refractivity contribution in [3.05, 3.63) is 59.4 Å². The second-order valence-electron chi connectivity index (χ2n) is 8.21. The van der Waals surface area contributed by atoms with Crippen LogP contribution in [0.3, 0.4) is 0 Å². The number of ketones is 1. The molecule has 7 heteroatoms. The Morgan fingerprint density at radius 2 is 1.94 bits per heavy atom. The van der Waals surface area contributed by atoms with E-state index in [9.17, 15) is 9.59 Å². The van der Waals surface area contributed by atoms with Crippen LogP contribution in [0.15, 0.2) is 42.6 Å². The first kappa shape index (κ1) is 22.0. The molecule has 0 spiro atoms. The number of nitrogens with zero attached hydrogens (tertiary/aromatic N) is 3. The summed E-state index contributed by atoms with van der Waals surface area (Å²) in [5, 5.41) is 0.990. The third kappa shape index (κ3) is 4.39. The molecular formula is C25H30N4O3. The van der Waals surface area contributed by atoms with Gasteiger partial charge in [0.2, 0.25) is 0 Å². The summed E-state index contributed by atoms with van der Waals surface area (Å²) in [4.78, 5) is 37.6. The lowest BCUT2D eigenvalue weighted by Crippen LogP contribution is -2.41. The first-order chi connectivity index (χ1) is 15.5. The Morgan fingerprint density at radius 3 is 2.69 bits per heavy atom. The number of aromatic amines is 1. The molecule has 7 nitrogen and oxygen atoms in total. The molecule has 1 fully saturated rings. The topological polar surface area (TPSA) is 78.5 Å². The standard InChI is InChI=1S/C25H30N4O3/c1-4-32-25(31)19-10-11-22(26-16-19)29-13-7-12-28(14-15-29)18(3)24(30)23-17(2)27-21-9-6-5-8-20(21)23/h5-6,8-11,16,18,27H,4,7,12-15H2,1-3H3. The second kappa shape index (κ2) is 9.53. The quantitative estimate of drug-likeness (QED) is 0.469. The molecule has 0 saturated carbocycles. The minimum absolute atomic E-state index is 0.158. The largest absolute Gasteiger partial charge is 0.462 e. The fourth-order valence-corrected chi connectivity index (χ4v) is 4.43. The fraction of sp³-hybridized carbons (Fsp3) is 0.400. The summed E-state index contributed by atoms with van der Waals surface area (Å²) in [5.41, 5.74) is 3.18. The maximum Gasteiger partial charge on any atom is 0.339 e. The lowest BCUT2D eigenvalue weighted by atomic mass is 10.0. The van der Waals surface area contributed by atoms with E-state index in [2.05, 4.69) is 19.8 Å². The van der Waals surface area contributed by atoms with Crippen LogP contribution < -0.4 is 4.90 Å². The minimum atomic E-state index is -0.353. The summed E-state index contributed by atoms with van der Waals surface area (Å²) in [6, 6.07) is 11.4. The SMILES string of the molecule is CCOC(=O)c1ccc(N2CCCN(C(C)C(=O)c3c(C)[nH]c4ccccc34)CC2)nc1. The number of benzene rings is 1. The number of pyridine rings is 1. The van der Waals surface area contributed by atoms with Crippen molar-refractivity contribution < 1.29 is 14.3 Å². The lowest BCUT2D eigenvalue weighted by molar-refractivity contribution is 0.0525. The molecule has 168 valence electrons. The number of aromatic nitrogens is 2. The van der Waals surface area contributed by atoms with Gasteiger partial charge in [-0.1, -0.05) is 18.2 Å². The van der Waals surface area contributed by atoms with Gasteiger partial charge in [-0.15, -0.1) is 0 Å². The Bertz CT molecular complexity index is 1110. The van der Waals surface area contributed by atoms with E-state index in [1.54, 1.807) is 19.2 Å². The van der Waals surface area contributed by atoms with Crippen LogP contribution in [-0.4, -0.2) is 65.4 Å². The highest BCUT2D eigenvalue weighted by Crippen LogP contribution is 2.25. The van der Waals surface area contributed by atoms with Crippen molar-refractivity contribution in [2.24, 2.45) is 0 Å². The molecule has 1 saturated heterocycles. The number of ether oxygens (including phenoxy) is 1. The number of hydrogen-bond acceptors (Lipinski definition) is 6. The molecule has 0 radical (unpaired) electrons. The van der Waals surface area contributed by atoms with E-state index < -0.39 is 0 Å². The van der Waals surface area contributed by atoms with Gasteiger partial charge in [-0.05, 0) is 45.4 Å². The Hall–Kier alpha value is -3.19. The third-order valence-corrected chi connectivity index (χ3v) is 6.18. The van der Waals surface area contributed by atoms with Crippen molar-refractivity contribution >= 4 is 28.5 Å². The zero-order valence-electron chi connectivity index (χ0n) is 18.9. The molecule has 1 aliphatic heterocycles. The normalized spacial score (nSPS) is 16.0. The van der Waals surface area contributed by atoms with Gasteiger partial charge in [0, 0.05) is 54.5 Å². The Balaban J connectivity index is 1.44. The van der Waals surface area contributed by atoms with E-state index in [0.29, 0.717) is 12.2 Å². The number of hydrogen-bond donors (Lipinski definition) is 1. The van der Waals surface area contributed by atoms with Crippen molar-refractivity contribution in [1.29, 1.82) is 0 Å². The molecule has 1 atom stereocenters. The Kier molecular flexibility index (Phi) is 6.55. The molecule has 2 aromatic heterocycles. The first-order valence-electron chi connectivity index (χ1n) is 11.2. The molecule has 0 aliphatic carbocycles. The number of carbonyl (C=O) groups is 2. The minimum Gasteiger partial charge on any atom is -0.462 e. The number of anilines is 1. The first-order valence-corrected chi connectivity index (χ1v) is 11.2. The van der Waals surface area contributed by atoms with Gasteiger partial charge in [-0.3, -0.25) is 9.69 Å². The van der Waals surface area contributed by atoms with Crippen LogP contribution in [0.1, 0.15) is 46.7 Å². The summed E-state index contributed by atoms with van der Waals surface area (Å²) >= 11 is 0. The summed E-state index contributed by atoms with van der Waals surface area (Å²) < 4.78 is 5.03. The number of H-pyrrole nitrogens is 1. The number of para-hydroxylation sites is 1. The average molecular weight is 435 g/mol. The van der Waals surface area contributed by atoms with Gasteiger partial charge in [-0.2, -0.15) is 0 Å². The van der Waals surface area contributed by atoms with Crippen molar-refractivity contribution in [1.82, 2.24) is 14.9 Å². The van der Waals surface area contributed by atoms with Gasteiger partial charge in [0.05, 0.1) is 18.2 Å². The molecule has 3 aromatic rings. The fourth-order valence-electron chi connectivity index (χ4n) is 4.43. The summed E-state index contributed by atoms with van der Waals surface area (Å²) in [7, 11) is 0. The Labute approximate surface area is 188 Å². The van der Waals surface area contributed by atoms with Gasteiger partial charge in [0.1, 0.15) is 5.82 Å². The van der Waals surface area contributed by atoms with Crippen molar-refractivity contribution in [2.45, 2.75) is 33.2 Å². The van der Waals surface area contributed by atoms with Gasteiger partial charge in [0.15, 0.2) is 5.78 Å². The van der Waals surface area contributed by atoms with Gasteiger partial charge in [0.25, 0.3) is 0 Å². The number of Topliss-reactive ketones (excluding diaryl/α,β-unsaturated/α-hetero) is 1. The molecule has 1 aromatic carbocycles. The third-order valence-electron chi connectivity index (χ3n) is 6.18. The number of rotatable bonds is 6. The maximum atomic E-state index is 13.4. The number of carbonyl (C=O) groups excluding carboxylic acids is 2. The van der Waals surface area contributed by atoms with E-state index in [0.717, 1.165) is 60.6 Å². The lowest BCUT2D eigenvalue weighted by Gasteiger charge is -2.27. The number of fused-ring (bicyclic) bond motifs is 1. The van der Waals surface area contributed by atoms with Crippen LogP contribution in [0.25, 0.3) is 10.9 Å². The Morgan fingerprint density at radius 1 is 1.12 bits per heavy atom. The van der Waals surface area contributed by atoms with Crippen LogP contribution >= 0.6 is 0 Å². The van der Waals surface area contributed by atoms with Crippen molar-refractivity contribution in [2.75, 3.05) is 37.7 Å². The summed E-state index contributed by atoms with van der Waals surface area (Å²) in [5.74, 6) is 0.644. The van der Waals surface area contributed by atoms with E-state index >= 15 is 0 Å². The predicted molar refractivity (Wildman–Crippen MR) is 125 cm³/mol. The highest BCUT2D eigenvalue weighted by atomic mass is 16.5. The maximum absolute atomic E-state index is 13.4. The van der Waals surface area contributed by atoms with Gasteiger partial charge < -0.3 is 14.6 Å². The van der Waals surface area contributed by atoms with Gasteiger partial charge in [-0.25, -0.2) is 9.78 Å². The van der Waals surface area contributed by atoms with Crippen LogP contribution in [0.2, 0.25) is 0 Å². The van der Waals surface area contributed by atoms with E-state index in [1.165, 1.54) is 0 Å². The second-order valence-corrected chi connectivity index (χ2v) is 8.21. The molecule has 0 bridgehead atoms. The van der Waals surface area contributed by atoms with E-state index in [4.69, 9.17) is 4.74 Å². The van der Waals surface area contributed by atoms with E-state index in [1.807, 2.05) is 44.2 Å². The molecule has 1 aliphatic rings. The number of esters is 1. The highest BCUT2D eigenvalue weighted by molar-refractivity contribution is 6.11.